The summed E-state index contributed by atoms with van der Waals surface area (Å²) >= 11 is 0. The summed E-state index contributed by atoms with van der Waals surface area (Å²) < 4.78 is 0. The van der Waals surface area contributed by atoms with Crippen LogP contribution in [-0.4, -0.2) is 20.4 Å². The van der Waals surface area contributed by atoms with Crippen molar-refractivity contribution in [1.82, 2.24) is 0 Å². The van der Waals surface area contributed by atoms with Gasteiger partial charge in [0.2, 0.25) is 6.29 Å². The van der Waals surface area contributed by atoms with Crippen molar-refractivity contribution >= 4 is 12.0 Å². The molecule has 1 aromatic rings. The van der Waals surface area contributed by atoms with E-state index in [1.54, 1.807) is 12.1 Å². The maximum Gasteiger partial charge on any atom is 0.233 e. The average Bonchev–Trinajstić information content (AvgIpc) is 2.05. The molecule has 0 atom stereocenters. The number of nitrogens with zero attached hydrogens (tertiary/aromatic N) is 1. The highest BCUT2D eigenvalue weighted by Crippen LogP contribution is 2.11. The maximum absolute atomic E-state index is 10.2. The highest BCUT2D eigenvalue weighted by molar-refractivity contribution is 5.77. The molecule has 0 bridgehead atoms. The van der Waals surface area contributed by atoms with E-state index in [1.165, 1.54) is 0 Å². The van der Waals surface area contributed by atoms with Crippen LogP contribution in [0, 0.1) is 0 Å². The zero-order valence-corrected chi connectivity index (χ0v) is 6.66. The minimum atomic E-state index is 0.594. The molecule has 1 radical (unpaired) electrons. The Morgan fingerprint density at radius 3 is 2.64 bits per heavy atom. The molecule has 0 aliphatic rings. The Balaban J connectivity index is 3.00. The molecule has 0 aliphatic heterocycles. The number of hydrogen-bond acceptors (Lipinski definition) is 2. The van der Waals surface area contributed by atoms with Crippen LogP contribution in [0.25, 0.3) is 0 Å². The van der Waals surface area contributed by atoms with Gasteiger partial charge in [0.05, 0.1) is 0 Å². The summed E-state index contributed by atoms with van der Waals surface area (Å²) in [6, 6.07) is 7.32. The maximum atomic E-state index is 10.2. The minimum Gasteiger partial charge on any atom is -0.378 e. The first-order valence-electron chi connectivity index (χ1n) is 3.39. The number of benzene rings is 1. The van der Waals surface area contributed by atoms with E-state index < -0.39 is 0 Å². The zero-order valence-electron chi connectivity index (χ0n) is 6.66. The normalized spacial score (nSPS) is 9.27. The first-order chi connectivity index (χ1) is 5.24. The Morgan fingerprint density at radius 1 is 1.36 bits per heavy atom. The van der Waals surface area contributed by atoms with Gasteiger partial charge in [-0.15, -0.1) is 0 Å². The van der Waals surface area contributed by atoms with Crippen molar-refractivity contribution in [3.63, 3.8) is 0 Å². The molecular formula is C9H10NO. The SMILES string of the molecule is CN(C)c1cccc([C]=O)c1. The van der Waals surface area contributed by atoms with Gasteiger partial charge in [-0.1, -0.05) is 12.1 Å². The fourth-order valence-corrected chi connectivity index (χ4v) is 0.848. The quantitative estimate of drug-likeness (QED) is 0.628. The van der Waals surface area contributed by atoms with Gasteiger partial charge in [0.15, 0.2) is 0 Å². The van der Waals surface area contributed by atoms with Crippen molar-refractivity contribution in [3.8, 4) is 0 Å². The third-order valence-electron chi connectivity index (χ3n) is 1.48. The van der Waals surface area contributed by atoms with E-state index in [2.05, 4.69) is 0 Å². The smallest absolute Gasteiger partial charge is 0.233 e. The Hall–Kier alpha value is -1.31. The summed E-state index contributed by atoms with van der Waals surface area (Å²) in [5.41, 5.74) is 1.61. The van der Waals surface area contributed by atoms with Crippen molar-refractivity contribution in [1.29, 1.82) is 0 Å². The van der Waals surface area contributed by atoms with Crippen LogP contribution in [0.1, 0.15) is 5.56 Å². The van der Waals surface area contributed by atoms with Gasteiger partial charge in [-0.05, 0) is 12.1 Å². The molecule has 0 aromatic heterocycles. The molecule has 0 heterocycles. The molecule has 2 nitrogen and oxygen atoms in total. The average molecular weight is 148 g/mol. The summed E-state index contributed by atoms with van der Waals surface area (Å²) in [5.74, 6) is 0. The van der Waals surface area contributed by atoms with E-state index in [1.807, 2.05) is 37.4 Å². The number of rotatable bonds is 2. The molecule has 57 valence electrons. The molecule has 0 amide bonds. The Morgan fingerprint density at radius 2 is 2.09 bits per heavy atom. The van der Waals surface area contributed by atoms with Crippen molar-refractivity contribution in [2.24, 2.45) is 0 Å². The second-order valence-corrected chi connectivity index (χ2v) is 2.55. The second-order valence-electron chi connectivity index (χ2n) is 2.55. The Labute approximate surface area is 66.4 Å². The number of hydrogen-bond donors (Lipinski definition) is 0. The van der Waals surface area contributed by atoms with Crippen molar-refractivity contribution in [3.05, 3.63) is 29.8 Å². The fourth-order valence-electron chi connectivity index (χ4n) is 0.848. The summed E-state index contributed by atoms with van der Waals surface area (Å²) in [6.07, 6.45) is 1.85. The molecule has 0 unspecified atom stereocenters. The molecule has 0 saturated carbocycles. The first-order valence-corrected chi connectivity index (χ1v) is 3.39. The largest absolute Gasteiger partial charge is 0.378 e. The van der Waals surface area contributed by atoms with Crippen LogP contribution >= 0.6 is 0 Å². The standard InChI is InChI=1S/C9H10NO/c1-10(2)9-5-3-4-8(6-9)7-11/h3-6H,1-2H3. The van der Waals surface area contributed by atoms with Gasteiger partial charge in [-0.2, -0.15) is 0 Å². The van der Waals surface area contributed by atoms with Gasteiger partial charge < -0.3 is 4.90 Å². The molecule has 11 heavy (non-hydrogen) atoms. The molecule has 2 heteroatoms. The van der Waals surface area contributed by atoms with Crippen molar-refractivity contribution in [2.45, 2.75) is 0 Å². The fraction of sp³-hybridized carbons (Fsp3) is 0.222. The van der Waals surface area contributed by atoms with E-state index in [9.17, 15) is 4.79 Å². The molecule has 0 spiro atoms. The minimum absolute atomic E-state index is 0.594. The van der Waals surface area contributed by atoms with Gasteiger partial charge in [0, 0.05) is 25.3 Å². The topological polar surface area (TPSA) is 20.3 Å². The lowest BCUT2D eigenvalue weighted by Crippen LogP contribution is -2.08. The molecule has 0 fully saturated rings. The van der Waals surface area contributed by atoms with Crippen LogP contribution in [0.5, 0.6) is 0 Å². The monoisotopic (exact) mass is 148 g/mol. The first kappa shape index (κ1) is 7.79. The van der Waals surface area contributed by atoms with Crippen LogP contribution in [0.3, 0.4) is 0 Å². The lowest BCUT2D eigenvalue weighted by molar-refractivity contribution is 0.563. The molecular weight excluding hydrogens is 138 g/mol. The van der Waals surface area contributed by atoms with Crippen LogP contribution in [0.15, 0.2) is 24.3 Å². The van der Waals surface area contributed by atoms with E-state index in [0.29, 0.717) is 5.56 Å². The Bertz CT molecular complexity index is 255. The lowest BCUT2D eigenvalue weighted by atomic mass is 10.2. The highest BCUT2D eigenvalue weighted by atomic mass is 16.1. The van der Waals surface area contributed by atoms with Crippen LogP contribution < -0.4 is 4.90 Å². The molecule has 0 aliphatic carbocycles. The molecule has 0 N–H and O–H groups in total. The summed E-state index contributed by atoms with van der Waals surface area (Å²) in [7, 11) is 3.87. The summed E-state index contributed by atoms with van der Waals surface area (Å²) in [4.78, 5) is 12.2. The predicted molar refractivity (Wildman–Crippen MR) is 45.6 cm³/mol. The second kappa shape index (κ2) is 3.19. The van der Waals surface area contributed by atoms with E-state index >= 15 is 0 Å². The van der Waals surface area contributed by atoms with E-state index in [-0.39, 0.29) is 0 Å². The number of anilines is 1. The molecule has 1 aromatic carbocycles. The van der Waals surface area contributed by atoms with Crippen LogP contribution in [0.2, 0.25) is 0 Å². The van der Waals surface area contributed by atoms with Gasteiger partial charge in [-0.25, -0.2) is 0 Å². The number of carbonyl (C=O) groups excluding carboxylic acids is 1. The third kappa shape index (κ3) is 1.80. The van der Waals surface area contributed by atoms with Gasteiger partial charge in [0.1, 0.15) is 0 Å². The van der Waals surface area contributed by atoms with Crippen molar-refractivity contribution in [2.75, 3.05) is 19.0 Å². The summed E-state index contributed by atoms with van der Waals surface area (Å²) in [6.45, 7) is 0. The zero-order chi connectivity index (χ0) is 8.27. The predicted octanol–water partition coefficient (Wildman–Crippen LogP) is 1.21. The lowest BCUT2D eigenvalue weighted by Gasteiger charge is -2.11. The van der Waals surface area contributed by atoms with Gasteiger partial charge in [-0.3, -0.25) is 4.79 Å². The Kier molecular flexibility index (Phi) is 2.26. The molecule has 1 rings (SSSR count). The van der Waals surface area contributed by atoms with Gasteiger partial charge >= 0.3 is 0 Å². The van der Waals surface area contributed by atoms with E-state index in [4.69, 9.17) is 0 Å². The van der Waals surface area contributed by atoms with Gasteiger partial charge in [0.25, 0.3) is 0 Å². The molecule has 0 saturated heterocycles. The highest BCUT2D eigenvalue weighted by Gasteiger charge is 1.95. The van der Waals surface area contributed by atoms with Crippen LogP contribution in [-0.2, 0) is 4.79 Å². The van der Waals surface area contributed by atoms with E-state index in [0.717, 1.165) is 5.69 Å². The third-order valence-corrected chi connectivity index (χ3v) is 1.48. The van der Waals surface area contributed by atoms with Crippen molar-refractivity contribution < 1.29 is 4.79 Å². The van der Waals surface area contributed by atoms with Crippen LogP contribution in [0.4, 0.5) is 5.69 Å². The summed E-state index contributed by atoms with van der Waals surface area (Å²) in [5, 5.41) is 0.